The minimum atomic E-state index is -0.420. The molecule has 0 saturated carbocycles. The predicted molar refractivity (Wildman–Crippen MR) is 79.6 cm³/mol. The molecule has 0 aliphatic carbocycles. The van der Waals surface area contributed by atoms with Gasteiger partial charge in [0.1, 0.15) is 11.5 Å². The molecule has 0 spiro atoms. The lowest BCUT2D eigenvalue weighted by molar-refractivity contribution is 0.0601. The number of esters is 1. The molecule has 2 aromatic carbocycles. The van der Waals surface area contributed by atoms with Gasteiger partial charge in [0.25, 0.3) is 0 Å². The highest BCUT2D eigenvalue weighted by molar-refractivity contribution is 5.90. The molecule has 110 valence electrons. The van der Waals surface area contributed by atoms with E-state index in [-0.39, 0.29) is 17.5 Å². The maximum Gasteiger partial charge on any atom is 0.337 e. The van der Waals surface area contributed by atoms with Crippen molar-refractivity contribution in [3.63, 3.8) is 0 Å². The highest BCUT2D eigenvalue weighted by Crippen LogP contribution is 2.34. The monoisotopic (exact) mass is 287 g/mol. The maximum atomic E-state index is 11.5. The van der Waals surface area contributed by atoms with Gasteiger partial charge >= 0.3 is 5.97 Å². The summed E-state index contributed by atoms with van der Waals surface area (Å²) < 4.78 is 4.67. The molecule has 0 aromatic heterocycles. The van der Waals surface area contributed by atoms with E-state index in [1.807, 2.05) is 0 Å². The van der Waals surface area contributed by atoms with Crippen LogP contribution in [0.3, 0.4) is 0 Å². The molecule has 2 aromatic rings. The zero-order valence-corrected chi connectivity index (χ0v) is 11.8. The molecular weight excluding hydrogens is 270 g/mol. The van der Waals surface area contributed by atoms with Gasteiger partial charge in [-0.25, -0.2) is 4.79 Å². The van der Waals surface area contributed by atoms with Gasteiger partial charge in [-0.05, 0) is 37.3 Å². The largest absolute Gasteiger partial charge is 0.507 e. The van der Waals surface area contributed by atoms with Gasteiger partial charge in [-0.3, -0.25) is 0 Å². The minimum absolute atomic E-state index is 0.0131. The fourth-order valence-electron chi connectivity index (χ4n) is 2.16. The van der Waals surface area contributed by atoms with E-state index in [4.69, 9.17) is 0 Å². The summed E-state index contributed by atoms with van der Waals surface area (Å²) in [6, 6.07) is 11.1. The number of nitrogens with one attached hydrogen (secondary N) is 1. The van der Waals surface area contributed by atoms with Gasteiger partial charge in [0.2, 0.25) is 0 Å². The Labute approximate surface area is 122 Å². The Balaban J connectivity index is 2.24. The van der Waals surface area contributed by atoms with Crippen molar-refractivity contribution in [3.05, 3.63) is 53.6 Å². The van der Waals surface area contributed by atoms with Crippen molar-refractivity contribution in [2.75, 3.05) is 12.4 Å². The van der Waals surface area contributed by atoms with Gasteiger partial charge < -0.3 is 20.3 Å². The van der Waals surface area contributed by atoms with E-state index < -0.39 is 5.97 Å². The number of carbonyl (C=O) groups excluding carboxylic acids is 1. The Morgan fingerprint density at radius 2 is 1.76 bits per heavy atom. The van der Waals surface area contributed by atoms with Crippen LogP contribution in [0, 0.1) is 0 Å². The Kier molecular flexibility index (Phi) is 4.33. The molecule has 3 N–H and O–H groups in total. The molecule has 0 bridgehead atoms. The van der Waals surface area contributed by atoms with Crippen molar-refractivity contribution < 1.29 is 19.7 Å². The van der Waals surface area contributed by atoms with E-state index in [0.29, 0.717) is 16.8 Å². The first-order valence-electron chi connectivity index (χ1n) is 6.48. The molecular formula is C16H17NO4. The Hall–Kier alpha value is -2.69. The molecule has 2 rings (SSSR count). The van der Waals surface area contributed by atoms with E-state index in [1.54, 1.807) is 37.3 Å². The van der Waals surface area contributed by atoms with E-state index >= 15 is 0 Å². The van der Waals surface area contributed by atoms with Crippen molar-refractivity contribution >= 4 is 11.7 Å². The Morgan fingerprint density at radius 1 is 1.14 bits per heavy atom. The van der Waals surface area contributed by atoms with Gasteiger partial charge in [-0.1, -0.05) is 12.1 Å². The van der Waals surface area contributed by atoms with Crippen LogP contribution < -0.4 is 5.32 Å². The number of phenolic OH excluding ortho intramolecular Hbond substituents is 2. The average Bonchev–Trinajstić information content (AvgIpc) is 2.46. The molecule has 0 aliphatic rings. The van der Waals surface area contributed by atoms with Gasteiger partial charge in [-0.15, -0.1) is 0 Å². The fourth-order valence-corrected chi connectivity index (χ4v) is 2.16. The smallest absolute Gasteiger partial charge is 0.337 e. The highest BCUT2D eigenvalue weighted by Gasteiger charge is 2.15. The molecule has 0 fully saturated rings. The van der Waals surface area contributed by atoms with Crippen molar-refractivity contribution in [1.82, 2.24) is 0 Å². The summed E-state index contributed by atoms with van der Waals surface area (Å²) in [6.45, 7) is 1.81. The molecule has 0 saturated heterocycles. The first kappa shape index (κ1) is 14.7. The SMILES string of the molecule is COC(=O)c1cccc(NC(C)c2c(O)cccc2O)c1. The molecule has 1 unspecified atom stereocenters. The van der Waals surface area contributed by atoms with Gasteiger partial charge in [0, 0.05) is 5.69 Å². The summed E-state index contributed by atoms with van der Waals surface area (Å²) in [4.78, 5) is 11.5. The number of ether oxygens (including phenoxy) is 1. The lowest BCUT2D eigenvalue weighted by Gasteiger charge is -2.18. The fraction of sp³-hybridized carbons (Fsp3) is 0.188. The standard InChI is InChI=1S/C16H17NO4/c1-10(15-13(18)7-4-8-14(15)19)17-12-6-3-5-11(9-12)16(20)21-2/h3-10,17-19H,1-2H3. The van der Waals surface area contributed by atoms with Gasteiger partial charge in [0.05, 0.1) is 24.3 Å². The molecule has 5 nitrogen and oxygen atoms in total. The van der Waals surface area contributed by atoms with Crippen LogP contribution in [-0.2, 0) is 4.74 Å². The molecule has 1 atom stereocenters. The second kappa shape index (κ2) is 6.17. The number of methoxy groups -OCH3 is 1. The van der Waals surface area contributed by atoms with Crippen molar-refractivity contribution in [2.24, 2.45) is 0 Å². The zero-order valence-electron chi connectivity index (χ0n) is 11.8. The third-order valence-electron chi connectivity index (χ3n) is 3.16. The number of hydrogen-bond acceptors (Lipinski definition) is 5. The second-order valence-electron chi connectivity index (χ2n) is 4.65. The lowest BCUT2D eigenvalue weighted by atomic mass is 10.1. The van der Waals surface area contributed by atoms with E-state index in [0.717, 1.165) is 0 Å². The number of hydrogen-bond donors (Lipinski definition) is 3. The zero-order chi connectivity index (χ0) is 15.4. The lowest BCUT2D eigenvalue weighted by Crippen LogP contribution is -2.08. The predicted octanol–water partition coefficient (Wildman–Crippen LogP) is 3.06. The minimum Gasteiger partial charge on any atom is -0.507 e. The van der Waals surface area contributed by atoms with Gasteiger partial charge in [0.15, 0.2) is 0 Å². The third-order valence-corrected chi connectivity index (χ3v) is 3.16. The quantitative estimate of drug-likeness (QED) is 0.753. The van der Waals surface area contributed by atoms with E-state index in [1.165, 1.54) is 19.2 Å². The summed E-state index contributed by atoms with van der Waals surface area (Å²) in [5, 5.41) is 22.8. The average molecular weight is 287 g/mol. The molecule has 0 aliphatic heterocycles. The number of benzene rings is 2. The summed E-state index contributed by atoms with van der Waals surface area (Å²) in [6.07, 6.45) is 0. The van der Waals surface area contributed by atoms with Crippen LogP contribution in [0.15, 0.2) is 42.5 Å². The Bertz CT molecular complexity index is 634. The first-order valence-corrected chi connectivity index (χ1v) is 6.48. The van der Waals surface area contributed by atoms with Crippen molar-refractivity contribution in [2.45, 2.75) is 13.0 Å². The van der Waals surface area contributed by atoms with Gasteiger partial charge in [-0.2, -0.15) is 0 Å². The van der Waals surface area contributed by atoms with Crippen LogP contribution in [0.4, 0.5) is 5.69 Å². The summed E-state index contributed by atoms with van der Waals surface area (Å²) >= 11 is 0. The third kappa shape index (κ3) is 3.25. The number of carbonyl (C=O) groups is 1. The highest BCUT2D eigenvalue weighted by atomic mass is 16.5. The molecule has 5 heteroatoms. The van der Waals surface area contributed by atoms with Crippen LogP contribution in [0.1, 0.15) is 28.9 Å². The van der Waals surface area contributed by atoms with Crippen LogP contribution in [0.25, 0.3) is 0 Å². The van der Waals surface area contributed by atoms with Crippen LogP contribution in [-0.4, -0.2) is 23.3 Å². The van der Waals surface area contributed by atoms with E-state index in [9.17, 15) is 15.0 Å². The summed E-state index contributed by atoms with van der Waals surface area (Å²) in [7, 11) is 1.32. The maximum absolute atomic E-state index is 11.5. The molecule has 0 radical (unpaired) electrons. The number of phenols is 2. The van der Waals surface area contributed by atoms with Crippen molar-refractivity contribution in [3.8, 4) is 11.5 Å². The normalized spacial score (nSPS) is 11.7. The molecule has 0 heterocycles. The molecule has 0 amide bonds. The summed E-state index contributed by atoms with van der Waals surface area (Å²) in [5.41, 5.74) is 1.52. The van der Waals surface area contributed by atoms with Crippen LogP contribution >= 0.6 is 0 Å². The molecule has 21 heavy (non-hydrogen) atoms. The Morgan fingerprint density at radius 3 is 2.38 bits per heavy atom. The number of rotatable bonds is 4. The number of aromatic hydroxyl groups is 2. The topological polar surface area (TPSA) is 78.8 Å². The van der Waals surface area contributed by atoms with E-state index in [2.05, 4.69) is 10.1 Å². The second-order valence-corrected chi connectivity index (χ2v) is 4.65. The number of anilines is 1. The van der Waals surface area contributed by atoms with Crippen LogP contribution in [0.2, 0.25) is 0 Å². The van der Waals surface area contributed by atoms with Crippen LogP contribution in [0.5, 0.6) is 11.5 Å². The van der Waals surface area contributed by atoms with Crippen molar-refractivity contribution in [1.29, 1.82) is 0 Å². The summed E-state index contributed by atoms with van der Waals surface area (Å²) in [5.74, 6) is -0.394. The first-order chi connectivity index (χ1) is 10.0.